The average Bonchev–Trinajstić information content (AvgIpc) is 2.96. The van der Waals surface area contributed by atoms with Gasteiger partial charge in [-0.25, -0.2) is 0 Å². The molecule has 2 nitrogen and oxygen atoms in total. The second-order valence-electron chi connectivity index (χ2n) is 3.75. The maximum absolute atomic E-state index is 4.21. The molecule has 0 saturated heterocycles. The molecule has 1 saturated carbocycles. The molecule has 2 atom stereocenters. The van der Waals surface area contributed by atoms with Crippen LogP contribution in [-0.2, 0) is 0 Å². The van der Waals surface area contributed by atoms with Crippen LogP contribution in [0.1, 0.15) is 28.8 Å². The predicted molar refractivity (Wildman–Crippen MR) is 69.2 cm³/mol. The van der Waals surface area contributed by atoms with E-state index in [1.54, 1.807) is 11.3 Å². The number of hydrogen-bond acceptors (Lipinski definition) is 3. The van der Waals surface area contributed by atoms with E-state index < -0.39 is 0 Å². The maximum Gasteiger partial charge on any atom is 0.178 e. The quantitative estimate of drug-likeness (QED) is 0.790. The smallest absolute Gasteiger partial charge is 0.142 e. The summed E-state index contributed by atoms with van der Waals surface area (Å²) in [6.07, 6.45) is 1.23. The van der Waals surface area contributed by atoms with Crippen LogP contribution < -0.4 is 0 Å². The van der Waals surface area contributed by atoms with E-state index in [1.807, 2.05) is 0 Å². The summed E-state index contributed by atoms with van der Waals surface area (Å²) < 4.78 is 1.04. The van der Waals surface area contributed by atoms with Crippen molar-refractivity contribution in [1.82, 2.24) is 10.2 Å². The number of aromatic nitrogens is 2. The molecular weight excluding hydrogens is 319 g/mol. The zero-order chi connectivity index (χ0) is 10.3. The van der Waals surface area contributed by atoms with Crippen molar-refractivity contribution in [1.29, 1.82) is 0 Å². The first-order valence-electron chi connectivity index (χ1n) is 4.88. The van der Waals surface area contributed by atoms with Crippen LogP contribution in [0.25, 0.3) is 0 Å². The van der Waals surface area contributed by atoms with Gasteiger partial charge < -0.3 is 0 Å². The third-order valence-corrected chi connectivity index (χ3v) is 4.47. The van der Waals surface area contributed by atoms with Gasteiger partial charge in [-0.2, -0.15) is 0 Å². The van der Waals surface area contributed by atoms with E-state index in [-0.39, 0.29) is 0 Å². The number of nitrogens with zero attached hydrogens (tertiary/aromatic N) is 2. The molecule has 76 valence electrons. The van der Waals surface area contributed by atoms with Crippen molar-refractivity contribution in [2.45, 2.75) is 18.3 Å². The van der Waals surface area contributed by atoms with E-state index in [9.17, 15) is 0 Å². The summed E-state index contributed by atoms with van der Waals surface area (Å²) >= 11 is 3.95. The van der Waals surface area contributed by atoms with Gasteiger partial charge in [0.15, 0.2) is 3.01 Å². The Kier molecular flexibility index (Phi) is 2.48. The Morgan fingerprint density at radius 1 is 1.13 bits per heavy atom. The van der Waals surface area contributed by atoms with Gasteiger partial charge in [-0.3, -0.25) is 0 Å². The van der Waals surface area contributed by atoms with E-state index in [1.165, 1.54) is 17.0 Å². The van der Waals surface area contributed by atoms with Crippen LogP contribution in [0.4, 0.5) is 0 Å². The van der Waals surface area contributed by atoms with E-state index >= 15 is 0 Å². The number of hydrogen-bond donors (Lipinski definition) is 0. The van der Waals surface area contributed by atoms with Gasteiger partial charge in [0.1, 0.15) is 5.01 Å². The van der Waals surface area contributed by atoms with E-state index in [0.29, 0.717) is 11.8 Å². The van der Waals surface area contributed by atoms with Gasteiger partial charge >= 0.3 is 0 Å². The van der Waals surface area contributed by atoms with E-state index in [0.717, 1.165) is 3.01 Å². The van der Waals surface area contributed by atoms with Crippen molar-refractivity contribution in [2.24, 2.45) is 0 Å². The van der Waals surface area contributed by atoms with Gasteiger partial charge in [-0.1, -0.05) is 41.7 Å². The zero-order valence-corrected chi connectivity index (χ0v) is 10.9. The Hall–Kier alpha value is -0.490. The third kappa shape index (κ3) is 1.92. The Labute approximate surface area is 106 Å². The van der Waals surface area contributed by atoms with Crippen molar-refractivity contribution >= 4 is 33.9 Å². The molecular formula is C11H9IN2S. The van der Waals surface area contributed by atoms with Crippen LogP contribution in [0.3, 0.4) is 0 Å². The minimum atomic E-state index is 0.619. The Morgan fingerprint density at radius 2 is 1.93 bits per heavy atom. The molecule has 4 heteroatoms. The molecule has 3 rings (SSSR count). The lowest BCUT2D eigenvalue weighted by atomic mass is 10.1. The second-order valence-corrected chi connectivity index (χ2v) is 6.52. The SMILES string of the molecule is Ic1nnc(C2CC2c2ccccc2)s1. The largest absolute Gasteiger partial charge is 0.178 e. The fourth-order valence-electron chi connectivity index (χ4n) is 1.90. The van der Waals surface area contributed by atoms with Crippen LogP contribution >= 0.6 is 33.9 Å². The highest BCUT2D eigenvalue weighted by Crippen LogP contribution is 2.55. The number of benzene rings is 1. The van der Waals surface area contributed by atoms with Crippen molar-refractivity contribution in [2.75, 3.05) is 0 Å². The van der Waals surface area contributed by atoms with Crippen molar-refractivity contribution in [3.05, 3.63) is 43.9 Å². The van der Waals surface area contributed by atoms with Crippen molar-refractivity contribution in [3.8, 4) is 0 Å². The highest BCUT2D eigenvalue weighted by atomic mass is 127. The van der Waals surface area contributed by atoms with E-state index in [2.05, 4.69) is 63.1 Å². The van der Waals surface area contributed by atoms with Gasteiger partial charge in [0.2, 0.25) is 0 Å². The summed E-state index contributed by atoms with van der Waals surface area (Å²) in [4.78, 5) is 0. The molecule has 0 N–H and O–H groups in total. The van der Waals surface area contributed by atoms with Gasteiger partial charge in [0.05, 0.1) is 0 Å². The fraction of sp³-hybridized carbons (Fsp3) is 0.273. The minimum absolute atomic E-state index is 0.619. The molecule has 1 aromatic carbocycles. The predicted octanol–water partition coefficient (Wildman–Crippen LogP) is 3.41. The van der Waals surface area contributed by atoms with Crippen LogP contribution in [0, 0.1) is 3.01 Å². The van der Waals surface area contributed by atoms with Crippen LogP contribution in [0.15, 0.2) is 30.3 Å². The highest BCUT2D eigenvalue weighted by molar-refractivity contribution is 14.1. The molecule has 0 amide bonds. The van der Waals surface area contributed by atoms with Gasteiger partial charge in [-0.15, -0.1) is 10.2 Å². The Bertz CT molecular complexity index is 468. The Morgan fingerprint density at radius 3 is 2.60 bits per heavy atom. The molecule has 0 bridgehead atoms. The molecule has 1 aliphatic rings. The Balaban J connectivity index is 1.80. The van der Waals surface area contributed by atoms with Crippen LogP contribution in [0.5, 0.6) is 0 Å². The summed E-state index contributed by atoms with van der Waals surface area (Å²) in [7, 11) is 0. The van der Waals surface area contributed by atoms with Crippen molar-refractivity contribution < 1.29 is 0 Å². The fourth-order valence-corrected chi connectivity index (χ4v) is 3.43. The second kappa shape index (κ2) is 3.83. The molecule has 0 spiro atoms. The average molecular weight is 328 g/mol. The topological polar surface area (TPSA) is 25.8 Å². The molecule has 2 aromatic rings. The minimum Gasteiger partial charge on any atom is -0.142 e. The van der Waals surface area contributed by atoms with Crippen LogP contribution in [-0.4, -0.2) is 10.2 Å². The lowest BCUT2D eigenvalue weighted by molar-refractivity contribution is 0.937. The first-order chi connectivity index (χ1) is 7.34. The third-order valence-electron chi connectivity index (χ3n) is 2.75. The molecule has 1 aliphatic carbocycles. The molecule has 1 aromatic heterocycles. The number of halogens is 1. The first-order valence-corrected chi connectivity index (χ1v) is 6.78. The molecule has 0 radical (unpaired) electrons. The molecule has 1 heterocycles. The summed E-state index contributed by atoms with van der Waals surface area (Å²) in [6.45, 7) is 0. The van der Waals surface area contributed by atoms with Crippen LogP contribution in [0.2, 0.25) is 0 Å². The normalized spacial score (nSPS) is 24.1. The highest BCUT2D eigenvalue weighted by Gasteiger charge is 2.41. The van der Waals surface area contributed by atoms with E-state index in [4.69, 9.17) is 0 Å². The molecule has 2 unspecified atom stereocenters. The van der Waals surface area contributed by atoms with Gasteiger partial charge in [0.25, 0.3) is 0 Å². The molecule has 15 heavy (non-hydrogen) atoms. The molecule has 0 aliphatic heterocycles. The lowest BCUT2D eigenvalue weighted by Gasteiger charge is -1.96. The maximum atomic E-state index is 4.21. The zero-order valence-electron chi connectivity index (χ0n) is 7.93. The number of rotatable bonds is 2. The summed E-state index contributed by atoms with van der Waals surface area (Å²) in [6, 6.07) is 10.7. The van der Waals surface area contributed by atoms with Gasteiger partial charge in [-0.05, 0) is 40.5 Å². The summed E-state index contributed by atoms with van der Waals surface area (Å²) in [5.74, 6) is 1.29. The standard InChI is InChI=1S/C11H9IN2S/c12-11-14-13-10(15-11)9-6-8(9)7-4-2-1-3-5-7/h1-5,8-9H,6H2. The van der Waals surface area contributed by atoms with Crippen molar-refractivity contribution in [3.63, 3.8) is 0 Å². The summed E-state index contributed by atoms with van der Waals surface area (Å²) in [5.41, 5.74) is 1.44. The lowest BCUT2D eigenvalue weighted by Crippen LogP contribution is -1.83. The first kappa shape index (κ1) is 9.72. The summed E-state index contributed by atoms with van der Waals surface area (Å²) in [5, 5.41) is 9.48. The monoisotopic (exact) mass is 328 g/mol. The molecule has 1 fully saturated rings. The van der Waals surface area contributed by atoms with Gasteiger partial charge in [0, 0.05) is 5.92 Å².